The van der Waals surface area contributed by atoms with Crippen molar-refractivity contribution >= 4 is 7.85 Å². The normalized spacial score (nSPS) is 39.6. The largest absolute Gasteiger partial charge is 0.388 e. The summed E-state index contributed by atoms with van der Waals surface area (Å²) in [6, 6.07) is -0.540. The molecular formula is C8H15BO4. The predicted octanol–water partition coefficient (Wildman–Crippen LogP) is -0.708. The second kappa shape index (κ2) is 4.95. The van der Waals surface area contributed by atoms with Gasteiger partial charge in [0.25, 0.3) is 0 Å². The molecule has 0 bridgehead atoms. The molecule has 1 heterocycles. The van der Waals surface area contributed by atoms with E-state index in [1.165, 1.54) is 7.11 Å². The van der Waals surface area contributed by atoms with Gasteiger partial charge in [0.15, 0.2) is 0 Å². The summed E-state index contributed by atoms with van der Waals surface area (Å²) in [5, 5.41) is 9.66. The van der Waals surface area contributed by atoms with Crippen molar-refractivity contribution in [2.45, 2.75) is 30.7 Å². The van der Waals surface area contributed by atoms with Crippen LogP contribution in [0.15, 0.2) is 0 Å². The lowest BCUT2D eigenvalue weighted by molar-refractivity contribution is -0.00423. The Morgan fingerprint density at radius 1 is 1.46 bits per heavy atom. The maximum atomic E-state index is 9.66. The third-order valence-electron chi connectivity index (χ3n) is 2.25. The van der Waals surface area contributed by atoms with Gasteiger partial charge in [0.05, 0.1) is 6.10 Å². The van der Waals surface area contributed by atoms with E-state index < -0.39 is 18.2 Å². The number of methoxy groups -OCH3 is 2. The molecule has 0 aliphatic carbocycles. The molecule has 4 unspecified atom stereocenters. The van der Waals surface area contributed by atoms with Crippen LogP contribution < -0.4 is 0 Å². The quantitative estimate of drug-likeness (QED) is 0.589. The number of hydrogen-bond acceptors (Lipinski definition) is 4. The summed E-state index contributed by atoms with van der Waals surface area (Å²) in [5.41, 5.74) is 0. The molecule has 0 aromatic rings. The first-order valence-corrected chi connectivity index (χ1v) is 4.31. The second-order valence-electron chi connectivity index (χ2n) is 3.11. The van der Waals surface area contributed by atoms with E-state index in [-0.39, 0.29) is 6.10 Å². The zero-order valence-electron chi connectivity index (χ0n) is 7.97. The number of hydrogen-bond donors (Lipinski definition) is 1. The van der Waals surface area contributed by atoms with Gasteiger partial charge in [-0.2, -0.15) is 0 Å². The Morgan fingerprint density at radius 2 is 2.15 bits per heavy atom. The molecule has 0 aromatic heterocycles. The van der Waals surface area contributed by atoms with E-state index in [9.17, 15) is 5.11 Å². The molecule has 1 aliphatic heterocycles. The number of rotatable bonds is 4. The van der Waals surface area contributed by atoms with Crippen molar-refractivity contribution in [3.63, 3.8) is 0 Å². The summed E-state index contributed by atoms with van der Waals surface area (Å²) >= 11 is 0. The molecular weight excluding hydrogens is 171 g/mol. The lowest BCUT2D eigenvalue weighted by Gasteiger charge is -2.16. The van der Waals surface area contributed by atoms with Crippen molar-refractivity contribution in [1.29, 1.82) is 0 Å². The minimum atomic E-state index is -0.657. The van der Waals surface area contributed by atoms with Gasteiger partial charge in [0.2, 0.25) is 0 Å². The van der Waals surface area contributed by atoms with Gasteiger partial charge < -0.3 is 19.3 Å². The fourth-order valence-electron chi connectivity index (χ4n) is 1.51. The Balaban J connectivity index is 2.41. The van der Waals surface area contributed by atoms with Crippen LogP contribution in [0.2, 0.25) is 0 Å². The average Bonchev–Trinajstić information content (AvgIpc) is 2.38. The molecule has 0 saturated carbocycles. The molecule has 1 fully saturated rings. The monoisotopic (exact) mass is 186 g/mol. The van der Waals surface area contributed by atoms with Crippen molar-refractivity contribution in [2.24, 2.45) is 0 Å². The van der Waals surface area contributed by atoms with Crippen LogP contribution in [-0.2, 0) is 14.2 Å². The Kier molecular flexibility index (Phi) is 4.19. The predicted molar refractivity (Wildman–Crippen MR) is 47.7 cm³/mol. The number of aliphatic hydroxyl groups excluding tert-OH is 1. The van der Waals surface area contributed by atoms with Crippen molar-refractivity contribution < 1.29 is 19.3 Å². The molecule has 4 nitrogen and oxygen atoms in total. The van der Waals surface area contributed by atoms with E-state index in [4.69, 9.17) is 22.1 Å². The summed E-state index contributed by atoms with van der Waals surface area (Å²) in [7, 11) is 8.71. The fourth-order valence-corrected chi connectivity index (χ4v) is 1.51. The molecule has 1 saturated heterocycles. The summed E-state index contributed by atoms with van der Waals surface area (Å²) in [6.07, 6.45) is -0.734. The standard InChI is InChI=1S/C8H15BO4/c1-11-4-3-5-6(10)7(12-2)8(9)13-5/h5-8,10H,3-4H2,1-2H3. The molecule has 1 aliphatic rings. The maximum absolute atomic E-state index is 9.66. The molecule has 13 heavy (non-hydrogen) atoms. The van der Waals surface area contributed by atoms with E-state index in [1.807, 2.05) is 0 Å². The van der Waals surface area contributed by atoms with Crippen molar-refractivity contribution in [2.75, 3.05) is 20.8 Å². The van der Waals surface area contributed by atoms with Crippen LogP contribution in [0.25, 0.3) is 0 Å². The SMILES string of the molecule is [B]C1OC(CCOC)C(O)C1OC. The molecule has 4 atom stereocenters. The maximum Gasteiger partial charge on any atom is 0.112 e. The molecule has 1 N–H and O–H groups in total. The molecule has 0 amide bonds. The first-order chi connectivity index (χ1) is 6.20. The topological polar surface area (TPSA) is 47.9 Å². The fraction of sp³-hybridized carbons (Fsp3) is 1.00. The highest BCUT2D eigenvalue weighted by Gasteiger charge is 2.40. The van der Waals surface area contributed by atoms with Crippen LogP contribution >= 0.6 is 0 Å². The van der Waals surface area contributed by atoms with E-state index in [2.05, 4.69) is 0 Å². The Bertz CT molecular complexity index is 155. The zero-order chi connectivity index (χ0) is 9.84. The van der Waals surface area contributed by atoms with Gasteiger partial charge in [-0.3, -0.25) is 0 Å². The van der Waals surface area contributed by atoms with Crippen LogP contribution in [0, 0.1) is 0 Å². The molecule has 1 rings (SSSR count). The third kappa shape index (κ3) is 2.43. The van der Waals surface area contributed by atoms with Gasteiger partial charge in [-0.1, -0.05) is 0 Å². The number of ether oxygens (including phenoxy) is 3. The van der Waals surface area contributed by atoms with Gasteiger partial charge in [0.1, 0.15) is 20.1 Å². The minimum absolute atomic E-state index is 0.278. The first-order valence-electron chi connectivity index (χ1n) is 4.31. The average molecular weight is 186 g/mol. The van der Waals surface area contributed by atoms with Gasteiger partial charge in [-0.05, 0) is 6.42 Å². The smallest absolute Gasteiger partial charge is 0.112 e. The van der Waals surface area contributed by atoms with E-state index >= 15 is 0 Å². The summed E-state index contributed by atoms with van der Waals surface area (Å²) in [6.45, 7) is 0.547. The Hall–Kier alpha value is -0.0951. The second-order valence-corrected chi connectivity index (χ2v) is 3.11. The van der Waals surface area contributed by atoms with Gasteiger partial charge in [-0.25, -0.2) is 0 Å². The van der Waals surface area contributed by atoms with E-state index in [1.54, 1.807) is 7.11 Å². The first kappa shape index (κ1) is 11.0. The molecule has 0 spiro atoms. The van der Waals surface area contributed by atoms with Crippen LogP contribution in [-0.4, -0.2) is 58.1 Å². The lowest BCUT2D eigenvalue weighted by Crippen LogP contribution is -2.34. The van der Waals surface area contributed by atoms with E-state index in [0.717, 1.165) is 0 Å². The zero-order valence-corrected chi connectivity index (χ0v) is 7.97. The summed E-state index contributed by atoms with van der Waals surface area (Å²) in [5.74, 6) is 0. The Labute approximate surface area is 79.6 Å². The van der Waals surface area contributed by atoms with E-state index in [0.29, 0.717) is 13.0 Å². The number of aliphatic hydroxyl groups is 1. The molecule has 5 heteroatoms. The van der Waals surface area contributed by atoms with Crippen LogP contribution in [0.5, 0.6) is 0 Å². The van der Waals surface area contributed by atoms with Crippen molar-refractivity contribution in [1.82, 2.24) is 0 Å². The third-order valence-corrected chi connectivity index (χ3v) is 2.25. The van der Waals surface area contributed by atoms with Crippen molar-refractivity contribution in [3.8, 4) is 0 Å². The minimum Gasteiger partial charge on any atom is -0.388 e. The van der Waals surface area contributed by atoms with Crippen molar-refractivity contribution in [3.05, 3.63) is 0 Å². The van der Waals surface area contributed by atoms with Crippen LogP contribution in [0.3, 0.4) is 0 Å². The highest BCUT2D eigenvalue weighted by molar-refractivity contribution is 6.11. The van der Waals surface area contributed by atoms with Crippen LogP contribution in [0.1, 0.15) is 6.42 Å². The Morgan fingerprint density at radius 3 is 2.62 bits per heavy atom. The summed E-state index contributed by atoms with van der Waals surface area (Å²) in [4.78, 5) is 0. The molecule has 2 radical (unpaired) electrons. The lowest BCUT2D eigenvalue weighted by atomic mass is 9.92. The molecule has 0 aromatic carbocycles. The molecule has 74 valence electrons. The highest BCUT2D eigenvalue weighted by atomic mass is 16.6. The highest BCUT2D eigenvalue weighted by Crippen LogP contribution is 2.23. The van der Waals surface area contributed by atoms with Gasteiger partial charge >= 0.3 is 0 Å². The van der Waals surface area contributed by atoms with Gasteiger partial charge in [-0.15, -0.1) is 0 Å². The summed E-state index contributed by atoms with van der Waals surface area (Å²) < 4.78 is 15.2. The van der Waals surface area contributed by atoms with Crippen LogP contribution in [0.4, 0.5) is 0 Å². The van der Waals surface area contributed by atoms with Gasteiger partial charge in [0, 0.05) is 26.8 Å².